The van der Waals surface area contributed by atoms with Gasteiger partial charge in [-0.3, -0.25) is 0 Å². The molecule has 1 rings (SSSR count). The maximum absolute atomic E-state index is 8.51. The summed E-state index contributed by atoms with van der Waals surface area (Å²) >= 11 is 11.8. The van der Waals surface area contributed by atoms with E-state index in [1.165, 1.54) is 0 Å². The Labute approximate surface area is 86.5 Å². The van der Waals surface area contributed by atoms with Gasteiger partial charge in [-0.2, -0.15) is 0 Å². The SMILES string of the molecule is CN(C)c1c(Cl)cc([N+]#N)cc1Cl. The molecule has 0 aliphatic heterocycles. The van der Waals surface area contributed by atoms with Crippen LogP contribution in [0.1, 0.15) is 0 Å². The number of diazo groups is 1. The summed E-state index contributed by atoms with van der Waals surface area (Å²) in [6, 6.07) is 3.09. The van der Waals surface area contributed by atoms with Crippen molar-refractivity contribution in [2.75, 3.05) is 19.0 Å². The van der Waals surface area contributed by atoms with Crippen LogP contribution in [0.4, 0.5) is 11.4 Å². The van der Waals surface area contributed by atoms with Gasteiger partial charge in [0.2, 0.25) is 5.39 Å². The Morgan fingerprint density at radius 2 is 1.69 bits per heavy atom. The quantitative estimate of drug-likeness (QED) is 0.673. The molecule has 0 aromatic heterocycles. The fourth-order valence-electron chi connectivity index (χ4n) is 1.04. The van der Waals surface area contributed by atoms with Gasteiger partial charge >= 0.3 is 5.69 Å². The first-order valence-electron chi connectivity index (χ1n) is 3.57. The Hall–Kier alpha value is -0.980. The van der Waals surface area contributed by atoms with Crippen LogP contribution in [0, 0.1) is 5.39 Å². The first-order chi connectivity index (χ1) is 6.06. The number of nitrogens with zero attached hydrogens (tertiary/aromatic N) is 3. The van der Waals surface area contributed by atoms with E-state index in [-0.39, 0.29) is 0 Å². The normalized spacial score (nSPS) is 9.46. The van der Waals surface area contributed by atoms with Crippen LogP contribution in [0.25, 0.3) is 4.98 Å². The molecule has 3 nitrogen and oxygen atoms in total. The molecule has 0 heterocycles. The zero-order chi connectivity index (χ0) is 10.0. The molecule has 0 radical (unpaired) electrons. The molecule has 0 spiro atoms. The summed E-state index contributed by atoms with van der Waals surface area (Å²) in [7, 11) is 3.67. The summed E-state index contributed by atoms with van der Waals surface area (Å²) in [5.74, 6) is 0. The highest BCUT2D eigenvalue weighted by Gasteiger charge is 2.15. The first-order valence-corrected chi connectivity index (χ1v) is 4.33. The van der Waals surface area contributed by atoms with Gasteiger partial charge in [0.25, 0.3) is 0 Å². The zero-order valence-electron chi connectivity index (χ0n) is 7.25. The summed E-state index contributed by atoms with van der Waals surface area (Å²) in [5, 5.41) is 9.44. The summed E-state index contributed by atoms with van der Waals surface area (Å²) in [6.07, 6.45) is 0. The zero-order valence-corrected chi connectivity index (χ0v) is 8.76. The predicted molar refractivity (Wildman–Crippen MR) is 55.5 cm³/mol. The minimum atomic E-state index is 0.348. The Morgan fingerprint density at radius 3 is 2.00 bits per heavy atom. The second-order valence-electron chi connectivity index (χ2n) is 2.75. The largest absolute Gasteiger partial charge is 0.388 e. The van der Waals surface area contributed by atoms with E-state index in [0.717, 1.165) is 5.69 Å². The molecule has 68 valence electrons. The molecule has 0 bridgehead atoms. The lowest BCUT2D eigenvalue weighted by Gasteiger charge is -2.14. The van der Waals surface area contributed by atoms with E-state index in [9.17, 15) is 0 Å². The van der Waals surface area contributed by atoms with E-state index in [2.05, 4.69) is 4.98 Å². The van der Waals surface area contributed by atoms with Crippen molar-refractivity contribution in [3.63, 3.8) is 0 Å². The molecule has 0 aliphatic carbocycles. The number of hydrogen-bond donors (Lipinski definition) is 0. The van der Waals surface area contributed by atoms with Crippen LogP contribution in [0.3, 0.4) is 0 Å². The standard InChI is InChI=1S/C8H8Cl2N3/c1-13(2)8-6(9)3-5(12-11)4-7(8)10/h3-4H,1-2H3/q+1. The molecule has 0 fully saturated rings. The molecule has 0 saturated heterocycles. The van der Waals surface area contributed by atoms with Crippen molar-refractivity contribution in [2.45, 2.75) is 0 Å². The van der Waals surface area contributed by atoms with Gasteiger partial charge in [0.15, 0.2) is 4.98 Å². The number of benzene rings is 1. The summed E-state index contributed by atoms with van der Waals surface area (Å²) in [5.41, 5.74) is 1.07. The molecule has 0 atom stereocenters. The first kappa shape index (κ1) is 10.1. The number of rotatable bonds is 1. The van der Waals surface area contributed by atoms with Crippen molar-refractivity contribution in [2.24, 2.45) is 0 Å². The van der Waals surface area contributed by atoms with Crippen LogP contribution in [-0.2, 0) is 0 Å². The average molecular weight is 217 g/mol. The van der Waals surface area contributed by atoms with Crippen LogP contribution < -0.4 is 4.90 Å². The molecular formula is C8H8Cl2N3+. The van der Waals surface area contributed by atoms with Gasteiger partial charge in [0.05, 0.1) is 27.9 Å². The molecule has 0 aliphatic rings. The minimum absolute atomic E-state index is 0.348. The average Bonchev–Trinajstić information content (AvgIpc) is 2.02. The number of halogens is 2. The maximum Gasteiger partial charge on any atom is 0.388 e. The maximum atomic E-state index is 8.51. The molecular weight excluding hydrogens is 209 g/mol. The van der Waals surface area contributed by atoms with Crippen molar-refractivity contribution < 1.29 is 0 Å². The van der Waals surface area contributed by atoms with E-state index in [1.54, 1.807) is 17.0 Å². The smallest absolute Gasteiger partial charge is 0.375 e. The van der Waals surface area contributed by atoms with E-state index < -0.39 is 0 Å². The lowest BCUT2D eigenvalue weighted by Crippen LogP contribution is -2.09. The van der Waals surface area contributed by atoms with Crippen molar-refractivity contribution in [1.29, 1.82) is 5.39 Å². The molecule has 1 aromatic rings. The predicted octanol–water partition coefficient (Wildman–Crippen LogP) is 3.54. The molecule has 0 saturated carbocycles. The third kappa shape index (κ3) is 2.03. The highest BCUT2D eigenvalue weighted by Crippen LogP contribution is 2.36. The number of hydrogen-bond acceptors (Lipinski definition) is 2. The molecule has 5 heteroatoms. The molecule has 0 N–H and O–H groups in total. The van der Waals surface area contributed by atoms with Gasteiger partial charge in [-0.05, 0) is 0 Å². The van der Waals surface area contributed by atoms with Crippen molar-refractivity contribution in [3.05, 3.63) is 27.2 Å². The van der Waals surface area contributed by atoms with Gasteiger partial charge in [-0.25, -0.2) is 0 Å². The van der Waals surface area contributed by atoms with Crippen LogP contribution in [0.15, 0.2) is 12.1 Å². The van der Waals surface area contributed by atoms with Gasteiger partial charge in [0, 0.05) is 14.1 Å². The topological polar surface area (TPSA) is 31.4 Å². The van der Waals surface area contributed by atoms with Gasteiger partial charge in [-0.1, -0.05) is 23.2 Å². The van der Waals surface area contributed by atoms with Crippen molar-refractivity contribution in [3.8, 4) is 0 Å². The Bertz CT molecular complexity index is 345. The summed E-state index contributed by atoms with van der Waals surface area (Å²) in [4.78, 5) is 4.80. The lowest BCUT2D eigenvalue weighted by atomic mass is 10.2. The van der Waals surface area contributed by atoms with E-state index >= 15 is 0 Å². The van der Waals surface area contributed by atoms with Gasteiger partial charge in [-0.15, -0.1) is 0 Å². The van der Waals surface area contributed by atoms with Crippen LogP contribution in [0.5, 0.6) is 0 Å². The molecule has 0 unspecified atom stereocenters. The van der Waals surface area contributed by atoms with E-state index in [4.69, 9.17) is 28.6 Å². The van der Waals surface area contributed by atoms with E-state index in [0.29, 0.717) is 15.7 Å². The molecule has 0 amide bonds. The summed E-state index contributed by atoms with van der Waals surface area (Å²) in [6.45, 7) is 0. The van der Waals surface area contributed by atoms with E-state index in [1.807, 2.05) is 14.1 Å². The fourth-order valence-corrected chi connectivity index (χ4v) is 1.85. The van der Waals surface area contributed by atoms with Crippen molar-refractivity contribution >= 4 is 34.6 Å². The summed E-state index contributed by atoms with van der Waals surface area (Å²) < 4.78 is 0. The minimum Gasteiger partial charge on any atom is -0.375 e. The monoisotopic (exact) mass is 216 g/mol. The highest BCUT2D eigenvalue weighted by atomic mass is 35.5. The number of anilines is 1. The second kappa shape index (κ2) is 3.82. The van der Waals surface area contributed by atoms with Gasteiger partial charge in [0.1, 0.15) is 0 Å². The Kier molecular flexibility index (Phi) is 2.97. The third-order valence-electron chi connectivity index (χ3n) is 1.56. The molecule has 1 aromatic carbocycles. The Balaban J connectivity index is 3.33. The third-order valence-corrected chi connectivity index (χ3v) is 2.14. The fraction of sp³-hybridized carbons (Fsp3) is 0.250. The second-order valence-corrected chi connectivity index (χ2v) is 3.57. The van der Waals surface area contributed by atoms with Gasteiger partial charge < -0.3 is 4.90 Å². The molecule has 13 heavy (non-hydrogen) atoms. The highest BCUT2D eigenvalue weighted by molar-refractivity contribution is 6.39. The van der Waals surface area contributed by atoms with Crippen LogP contribution >= 0.6 is 23.2 Å². The Morgan fingerprint density at radius 1 is 1.23 bits per heavy atom. The van der Waals surface area contributed by atoms with Crippen LogP contribution in [-0.4, -0.2) is 14.1 Å². The van der Waals surface area contributed by atoms with Crippen LogP contribution in [0.2, 0.25) is 10.0 Å². The van der Waals surface area contributed by atoms with Crippen molar-refractivity contribution in [1.82, 2.24) is 0 Å². The lowest BCUT2D eigenvalue weighted by molar-refractivity contribution is 1.13.